The molecule has 0 saturated heterocycles. The molecule has 0 aromatic rings. The molecule has 0 aliphatic carbocycles. The van der Waals surface area contributed by atoms with Crippen LogP contribution >= 0.6 is 0 Å². The summed E-state index contributed by atoms with van der Waals surface area (Å²) in [5, 5.41) is 8.47. The Kier molecular flexibility index (Phi) is 20.6. The molecule has 0 fully saturated rings. The van der Waals surface area contributed by atoms with Crippen LogP contribution in [-0.4, -0.2) is 40.6 Å². The van der Waals surface area contributed by atoms with Gasteiger partial charge in [-0.3, -0.25) is 4.79 Å². The summed E-state index contributed by atoms with van der Waals surface area (Å²) >= 11 is 0. The number of unbranched alkanes of at least 4 members (excludes halogenated alkanes) is 9. The largest absolute Gasteiger partial charge is 0.481 e. The van der Waals surface area contributed by atoms with E-state index in [-0.39, 0.29) is 29.6 Å². The second-order valence-electron chi connectivity index (χ2n) is 5.02. The second-order valence-corrected chi connectivity index (χ2v) is 5.02. The van der Waals surface area contributed by atoms with E-state index in [1.165, 1.54) is 51.4 Å². The number of aliphatic carboxylic acids is 1. The molecule has 0 unspecified atom stereocenters. The molecule has 107 valence electrons. The second kappa shape index (κ2) is 18.2. The predicted molar refractivity (Wildman–Crippen MR) is 83.6 cm³/mol. The zero-order valence-corrected chi connectivity index (χ0v) is 15.0. The van der Waals surface area contributed by atoms with Gasteiger partial charge in [0.2, 0.25) is 0 Å². The molecule has 2 nitrogen and oxygen atoms in total. The molecule has 0 aromatic heterocycles. The molecular weight excluding hydrogens is 247 g/mol. The van der Waals surface area contributed by atoms with Crippen molar-refractivity contribution in [1.29, 1.82) is 0 Å². The zero-order valence-electron chi connectivity index (χ0n) is 13.0. The first-order valence-corrected chi connectivity index (χ1v) is 7.64. The number of allylic oxidation sites excluding steroid dienone is 2. The molecule has 19 heavy (non-hydrogen) atoms. The molecule has 0 saturated carbocycles. The molecule has 0 aliphatic rings. The van der Waals surface area contributed by atoms with Crippen LogP contribution in [0.5, 0.6) is 0 Å². The first-order chi connectivity index (χ1) is 8.77. The van der Waals surface area contributed by atoms with Gasteiger partial charge in [-0.1, -0.05) is 57.6 Å². The van der Waals surface area contributed by atoms with E-state index in [0.717, 1.165) is 19.3 Å². The quantitative estimate of drug-likeness (QED) is 0.294. The minimum absolute atomic E-state index is 0. The molecule has 0 bridgehead atoms. The van der Waals surface area contributed by atoms with Crippen LogP contribution in [0, 0.1) is 0 Å². The van der Waals surface area contributed by atoms with Gasteiger partial charge in [-0.15, -0.1) is 0 Å². The normalized spacial score (nSPS) is 10.6. The van der Waals surface area contributed by atoms with Crippen molar-refractivity contribution in [2.45, 2.75) is 84.0 Å². The van der Waals surface area contributed by atoms with Gasteiger partial charge < -0.3 is 5.11 Å². The smallest absolute Gasteiger partial charge is 0.303 e. The monoisotopic (exact) mass is 277 g/mol. The zero-order chi connectivity index (χ0) is 13.5. The van der Waals surface area contributed by atoms with Crippen LogP contribution in [0.3, 0.4) is 0 Å². The number of hydrogen-bond acceptors (Lipinski definition) is 1. The molecule has 1 N–H and O–H groups in total. The van der Waals surface area contributed by atoms with Crippen molar-refractivity contribution in [3.8, 4) is 0 Å². The van der Waals surface area contributed by atoms with E-state index < -0.39 is 5.97 Å². The Hall–Kier alpha value is 0.210. The molecule has 0 atom stereocenters. The van der Waals surface area contributed by atoms with Gasteiger partial charge in [0.15, 0.2) is 0 Å². The molecule has 3 heteroatoms. The summed E-state index contributed by atoms with van der Waals surface area (Å²) in [4.78, 5) is 10.3. The number of rotatable bonds is 13. The van der Waals surface area contributed by atoms with E-state index in [4.69, 9.17) is 5.11 Å². The van der Waals surface area contributed by atoms with E-state index in [1.807, 2.05) is 0 Å². The van der Waals surface area contributed by atoms with E-state index >= 15 is 0 Å². The Bertz CT molecular complexity index is 215. The fraction of sp³-hybridized carbons (Fsp3) is 0.812. The van der Waals surface area contributed by atoms with Gasteiger partial charge in [0.25, 0.3) is 0 Å². The first-order valence-electron chi connectivity index (χ1n) is 7.64. The number of hydrogen-bond donors (Lipinski definition) is 1. The Morgan fingerprint density at radius 2 is 1.32 bits per heavy atom. The third-order valence-corrected chi connectivity index (χ3v) is 3.15. The Morgan fingerprint density at radius 1 is 0.842 bits per heavy atom. The summed E-state index contributed by atoms with van der Waals surface area (Å²) in [6.07, 6.45) is 18.3. The van der Waals surface area contributed by atoms with Crippen molar-refractivity contribution >= 4 is 35.5 Å². The van der Waals surface area contributed by atoms with Crippen LogP contribution in [0.2, 0.25) is 0 Å². The number of carboxylic acids is 1. The minimum Gasteiger partial charge on any atom is -0.481 e. The van der Waals surface area contributed by atoms with Gasteiger partial charge in [0, 0.05) is 36.0 Å². The molecule has 0 aromatic carbocycles. The standard InChI is InChI=1S/C16H30O2.Na/c1-2-3-4-5-6-7-8-9-10-11-12-13-14-15-16(17)18;/h10-11H,2-9,12-15H2,1H3,(H,17,18);/b11-10-;. The van der Waals surface area contributed by atoms with Gasteiger partial charge >= 0.3 is 5.97 Å². The topological polar surface area (TPSA) is 37.3 Å². The van der Waals surface area contributed by atoms with Crippen LogP contribution in [0.4, 0.5) is 0 Å². The summed E-state index contributed by atoms with van der Waals surface area (Å²) in [5.41, 5.74) is 0. The summed E-state index contributed by atoms with van der Waals surface area (Å²) < 4.78 is 0. The van der Waals surface area contributed by atoms with Gasteiger partial charge in [-0.05, 0) is 32.1 Å². The first kappa shape index (κ1) is 21.5. The number of carboxylic acid groups (broad SMARTS) is 1. The van der Waals surface area contributed by atoms with E-state index in [1.54, 1.807) is 0 Å². The van der Waals surface area contributed by atoms with Gasteiger partial charge in [-0.25, -0.2) is 0 Å². The van der Waals surface area contributed by atoms with Crippen LogP contribution < -0.4 is 0 Å². The van der Waals surface area contributed by atoms with Crippen molar-refractivity contribution in [3.05, 3.63) is 12.2 Å². The summed E-state index contributed by atoms with van der Waals surface area (Å²) in [7, 11) is 0. The molecule has 0 amide bonds. The Labute approximate surface area is 141 Å². The summed E-state index contributed by atoms with van der Waals surface area (Å²) in [6, 6.07) is 0. The van der Waals surface area contributed by atoms with Crippen LogP contribution in [0.25, 0.3) is 0 Å². The van der Waals surface area contributed by atoms with Crippen molar-refractivity contribution in [2.75, 3.05) is 0 Å². The summed E-state index contributed by atoms with van der Waals surface area (Å²) in [6.45, 7) is 2.25. The van der Waals surface area contributed by atoms with Gasteiger partial charge in [0.05, 0.1) is 0 Å². The van der Waals surface area contributed by atoms with Crippen LogP contribution in [0.15, 0.2) is 12.2 Å². The average molecular weight is 277 g/mol. The SMILES string of the molecule is CCCCCCCCC/C=C\CCCCC(=O)O.[Na]. The average Bonchev–Trinajstić information content (AvgIpc) is 2.34. The molecule has 0 rings (SSSR count). The number of carbonyl (C=O) groups is 1. The predicted octanol–water partition coefficient (Wildman–Crippen LogP) is 4.95. The maximum absolute atomic E-state index is 10.3. The maximum atomic E-state index is 10.3. The van der Waals surface area contributed by atoms with Crippen LogP contribution in [-0.2, 0) is 4.79 Å². The fourth-order valence-electron chi connectivity index (χ4n) is 1.99. The fourth-order valence-corrected chi connectivity index (χ4v) is 1.99. The molecule has 0 aliphatic heterocycles. The minimum atomic E-state index is -0.679. The Balaban J connectivity index is 0. The maximum Gasteiger partial charge on any atom is 0.303 e. The van der Waals surface area contributed by atoms with E-state index in [2.05, 4.69) is 19.1 Å². The van der Waals surface area contributed by atoms with Crippen molar-refractivity contribution in [3.63, 3.8) is 0 Å². The third kappa shape index (κ3) is 20.7. The van der Waals surface area contributed by atoms with Gasteiger partial charge in [0.1, 0.15) is 0 Å². The molecular formula is C16H30NaO2. The van der Waals surface area contributed by atoms with Crippen molar-refractivity contribution in [2.24, 2.45) is 0 Å². The molecule has 0 heterocycles. The molecule has 0 spiro atoms. The van der Waals surface area contributed by atoms with Crippen LogP contribution in [0.1, 0.15) is 84.0 Å². The van der Waals surface area contributed by atoms with E-state index in [0.29, 0.717) is 6.42 Å². The van der Waals surface area contributed by atoms with Crippen molar-refractivity contribution < 1.29 is 9.90 Å². The third-order valence-electron chi connectivity index (χ3n) is 3.15. The summed E-state index contributed by atoms with van der Waals surface area (Å²) in [5.74, 6) is -0.679. The Morgan fingerprint density at radius 3 is 1.84 bits per heavy atom. The van der Waals surface area contributed by atoms with E-state index in [9.17, 15) is 4.79 Å². The van der Waals surface area contributed by atoms with Crippen molar-refractivity contribution in [1.82, 2.24) is 0 Å². The molecule has 1 radical (unpaired) electrons. The van der Waals surface area contributed by atoms with Gasteiger partial charge in [-0.2, -0.15) is 0 Å².